The van der Waals surface area contributed by atoms with Gasteiger partial charge in [-0.1, -0.05) is 6.07 Å². The van der Waals surface area contributed by atoms with E-state index in [0.29, 0.717) is 23.7 Å². The molecule has 2 amide bonds. The second-order valence-electron chi connectivity index (χ2n) is 6.72. The van der Waals surface area contributed by atoms with Gasteiger partial charge >= 0.3 is 0 Å². The maximum absolute atomic E-state index is 12.4. The van der Waals surface area contributed by atoms with Crippen molar-refractivity contribution in [2.75, 3.05) is 24.3 Å². The van der Waals surface area contributed by atoms with Crippen molar-refractivity contribution >= 4 is 23.5 Å². The summed E-state index contributed by atoms with van der Waals surface area (Å²) >= 11 is 0. The van der Waals surface area contributed by atoms with Gasteiger partial charge in [-0.2, -0.15) is 0 Å². The summed E-state index contributed by atoms with van der Waals surface area (Å²) in [6.45, 7) is 2.20. The number of rotatable bonds is 6. The summed E-state index contributed by atoms with van der Waals surface area (Å²) in [5, 5.41) is 5.72. The van der Waals surface area contributed by atoms with Crippen molar-refractivity contribution in [3.8, 4) is 0 Å². The number of carbonyl (C=O) groups is 2. The number of nitrogens with zero attached hydrogens (tertiary/aromatic N) is 3. The van der Waals surface area contributed by atoms with E-state index in [4.69, 9.17) is 0 Å². The zero-order valence-electron chi connectivity index (χ0n) is 15.2. The van der Waals surface area contributed by atoms with Crippen LogP contribution in [0.25, 0.3) is 0 Å². The van der Waals surface area contributed by atoms with Crippen molar-refractivity contribution in [2.45, 2.75) is 26.3 Å². The molecule has 1 heterocycles. The summed E-state index contributed by atoms with van der Waals surface area (Å²) in [7, 11) is 3.75. The van der Waals surface area contributed by atoms with Crippen LogP contribution in [0.3, 0.4) is 0 Å². The molecular weight excluding hydrogens is 330 g/mol. The minimum atomic E-state index is -0.213. The number of anilines is 2. The first-order valence-corrected chi connectivity index (χ1v) is 8.63. The van der Waals surface area contributed by atoms with Crippen molar-refractivity contribution < 1.29 is 9.59 Å². The van der Waals surface area contributed by atoms with Gasteiger partial charge in [-0.25, -0.2) is 9.97 Å². The Kier molecular flexibility index (Phi) is 5.16. The lowest BCUT2D eigenvalue weighted by Crippen LogP contribution is -2.24. The molecule has 0 radical (unpaired) electrons. The first-order valence-electron chi connectivity index (χ1n) is 8.63. The molecule has 0 saturated heterocycles. The molecule has 1 saturated carbocycles. The second-order valence-corrected chi connectivity index (χ2v) is 6.72. The smallest absolute Gasteiger partial charge is 0.251 e. The van der Waals surface area contributed by atoms with E-state index >= 15 is 0 Å². The molecule has 3 rings (SSSR count). The lowest BCUT2D eigenvalue weighted by Gasteiger charge is -2.13. The molecule has 7 nitrogen and oxygen atoms in total. The Morgan fingerprint density at radius 1 is 1.19 bits per heavy atom. The van der Waals surface area contributed by atoms with Crippen LogP contribution in [0.5, 0.6) is 0 Å². The molecule has 1 aliphatic rings. The molecule has 136 valence electrons. The number of nitrogens with one attached hydrogen (secondary N) is 2. The molecule has 7 heteroatoms. The third kappa shape index (κ3) is 4.56. The van der Waals surface area contributed by atoms with Gasteiger partial charge in [-0.15, -0.1) is 0 Å². The van der Waals surface area contributed by atoms with Crippen molar-refractivity contribution in [2.24, 2.45) is 5.92 Å². The first kappa shape index (κ1) is 17.8. The summed E-state index contributed by atoms with van der Waals surface area (Å²) in [6, 6.07) is 8.80. The predicted molar refractivity (Wildman–Crippen MR) is 100 cm³/mol. The minimum absolute atomic E-state index is 0.0234. The Morgan fingerprint density at radius 3 is 2.65 bits per heavy atom. The number of benzene rings is 1. The van der Waals surface area contributed by atoms with Crippen LogP contribution >= 0.6 is 0 Å². The Hall–Kier alpha value is -2.96. The average molecular weight is 353 g/mol. The van der Waals surface area contributed by atoms with E-state index < -0.39 is 0 Å². The average Bonchev–Trinajstić information content (AvgIpc) is 3.44. The van der Waals surface area contributed by atoms with Crippen molar-refractivity contribution in [3.63, 3.8) is 0 Å². The van der Waals surface area contributed by atoms with Gasteiger partial charge in [-0.3, -0.25) is 9.59 Å². The number of aromatic nitrogens is 2. The number of aryl methyl sites for hydroxylation is 1. The second kappa shape index (κ2) is 7.51. The molecule has 26 heavy (non-hydrogen) atoms. The summed E-state index contributed by atoms with van der Waals surface area (Å²) in [5.41, 5.74) is 2.73. The monoisotopic (exact) mass is 353 g/mol. The number of hydrogen-bond acceptors (Lipinski definition) is 5. The molecule has 0 spiro atoms. The van der Waals surface area contributed by atoms with Crippen LogP contribution in [0.1, 0.15) is 34.6 Å². The van der Waals surface area contributed by atoms with Gasteiger partial charge in [-0.05, 0) is 44.0 Å². The van der Waals surface area contributed by atoms with E-state index in [1.165, 1.54) is 0 Å². The summed E-state index contributed by atoms with van der Waals surface area (Å²) < 4.78 is 0. The fourth-order valence-electron chi connectivity index (χ4n) is 2.51. The third-order valence-electron chi connectivity index (χ3n) is 4.07. The van der Waals surface area contributed by atoms with Crippen LogP contribution in [0.4, 0.5) is 11.6 Å². The molecule has 2 N–H and O–H groups in total. The summed E-state index contributed by atoms with van der Waals surface area (Å²) in [6.07, 6.45) is 1.89. The van der Waals surface area contributed by atoms with Gasteiger partial charge in [0.05, 0.1) is 12.2 Å². The van der Waals surface area contributed by atoms with Gasteiger partial charge in [0.15, 0.2) is 0 Å². The molecule has 1 aliphatic carbocycles. The first-order chi connectivity index (χ1) is 12.4. The van der Waals surface area contributed by atoms with E-state index in [9.17, 15) is 9.59 Å². The highest BCUT2D eigenvalue weighted by Crippen LogP contribution is 2.30. The van der Waals surface area contributed by atoms with E-state index in [-0.39, 0.29) is 17.7 Å². The van der Waals surface area contributed by atoms with Crippen LogP contribution in [0, 0.1) is 12.8 Å². The largest absolute Gasteiger partial charge is 0.347 e. The van der Waals surface area contributed by atoms with Gasteiger partial charge in [0.25, 0.3) is 5.91 Å². The minimum Gasteiger partial charge on any atom is -0.347 e. The van der Waals surface area contributed by atoms with Crippen LogP contribution < -0.4 is 15.5 Å². The van der Waals surface area contributed by atoms with Crippen LogP contribution in [-0.2, 0) is 11.3 Å². The third-order valence-corrected chi connectivity index (χ3v) is 4.07. The van der Waals surface area contributed by atoms with E-state index in [1.807, 2.05) is 32.0 Å². The van der Waals surface area contributed by atoms with Crippen LogP contribution in [-0.4, -0.2) is 35.9 Å². The van der Waals surface area contributed by atoms with Gasteiger partial charge in [0.1, 0.15) is 0 Å². The standard InChI is InChI=1S/C19H23N5O2/c1-12-9-16(23-19(21-12)24(2)3)11-20-17(25)14-5-4-6-15(10-14)22-18(26)13-7-8-13/h4-6,9-10,13H,7-8,11H2,1-3H3,(H,20,25)(H,22,26). The van der Waals surface area contributed by atoms with Crippen molar-refractivity contribution in [1.29, 1.82) is 0 Å². The topological polar surface area (TPSA) is 87.2 Å². The molecular formula is C19H23N5O2. The SMILES string of the molecule is Cc1cc(CNC(=O)c2cccc(NC(=O)C3CC3)c2)nc(N(C)C)n1. The summed E-state index contributed by atoms with van der Waals surface area (Å²) in [5.74, 6) is 0.545. The van der Waals surface area contributed by atoms with E-state index in [1.54, 1.807) is 24.3 Å². The fraction of sp³-hybridized carbons (Fsp3) is 0.368. The zero-order valence-corrected chi connectivity index (χ0v) is 15.2. The van der Waals surface area contributed by atoms with Crippen LogP contribution in [0.15, 0.2) is 30.3 Å². The number of hydrogen-bond donors (Lipinski definition) is 2. The molecule has 0 aliphatic heterocycles. The molecule has 0 atom stereocenters. The predicted octanol–water partition coefficient (Wildman–Crippen LogP) is 2.13. The Bertz CT molecular complexity index is 830. The molecule has 0 unspecified atom stereocenters. The van der Waals surface area contributed by atoms with E-state index in [0.717, 1.165) is 24.2 Å². The Labute approximate surface area is 152 Å². The fourth-order valence-corrected chi connectivity index (χ4v) is 2.51. The van der Waals surface area contributed by atoms with E-state index in [2.05, 4.69) is 20.6 Å². The molecule has 0 bridgehead atoms. The normalized spacial score (nSPS) is 13.2. The highest BCUT2D eigenvalue weighted by atomic mass is 16.2. The number of amides is 2. The van der Waals surface area contributed by atoms with Gasteiger partial charge in [0.2, 0.25) is 11.9 Å². The van der Waals surface area contributed by atoms with Crippen LogP contribution in [0.2, 0.25) is 0 Å². The Morgan fingerprint density at radius 2 is 1.96 bits per heavy atom. The quantitative estimate of drug-likeness (QED) is 0.831. The zero-order chi connectivity index (χ0) is 18.7. The number of carbonyl (C=O) groups excluding carboxylic acids is 2. The highest BCUT2D eigenvalue weighted by molar-refractivity contribution is 5.98. The molecule has 1 fully saturated rings. The maximum atomic E-state index is 12.4. The van der Waals surface area contributed by atoms with Gasteiger partial charge < -0.3 is 15.5 Å². The molecule has 1 aromatic carbocycles. The molecule has 2 aromatic rings. The lowest BCUT2D eigenvalue weighted by molar-refractivity contribution is -0.117. The van der Waals surface area contributed by atoms with Crippen molar-refractivity contribution in [3.05, 3.63) is 47.3 Å². The highest BCUT2D eigenvalue weighted by Gasteiger charge is 2.29. The lowest BCUT2D eigenvalue weighted by atomic mass is 10.2. The Balaban J connectivity index is 1.64. The summed E-state index contributed by atoms with van der Waals surface area (Å²) in [4.78, 5) is 34.9. The molecule has 1 aromatic heterocycles. The van der Waals surface area contributed by atoms with Gasteiger partial charge in [0, 0.05) is 37.0 Å². The maximum Gasteiger partial charge on any atom is 0.251 e. The van der Waals surface area contributed by atoms with Crippen molar-refractivity contribution in [1.82, 2.24) is 15.3 Å².